The summed E-state index contributed by atoms with van der Waals surface area (Å²) in [7, 11) is 0. The molecule has 4 heteroatoms. The lowest BCUT2D eigenvalue weighted by atomic mass is 9.97. The molecule has 1 aliphatic rings. The smallest absolute Gasteiger partial charge is 0.253 e. The lowest BCUT2D eigenvalue weighted by Gasteiger charge is -2.35. The number of carbonyl (C=O) groups excluding carboxylic acids is 1. The molecule has 0 radical (unpaired) electrons. The van der Waals surface area contributed by atoms with Gasteiger partial charge in [-0.05, 0) is 37.5 Å². The molecule has 1 aliphatic heterocycles. The molecule has 1 saturated heterocycles. The van der Waals surface area contributed by atoms with E-state index in [0.29, 0.717) is 13.2 Å². The molecular weight excluding hydrogens is 336 g/mol. The topological polar surface area (TPSA) is 32.8 Å². The average Bonchev–Trinajstić information content (AvgIpc) is 2.70. The normalized spacial score (nSPS) is 17.7. The van der Waals surface area contributed by atoms with Gasteiger partial charge in [0.15, 0.2) is 0 Å². The van der Waals surface area contributed by atoms with E-state index in [2.05, 4.69) is 54.3 Å². The molecule has 27 heavy (non-hydrogen) atoms. The van der Waals surface area contributed by atoms with Crippen LogP contribution in [0.5, 0.6) is 0 Å². The maximum absolute atomic E-state index is 12.7. The number of rotatable bonds is 6. The second-order valence-corrected chi connectivity index (χ2v) is 7.13. The molecule has 1 amide bonds. The summed E-state index contributed by atoms with van der Waals surface area (Å²) in [6.07, 6.45) is -0.358. The van der Waals surface area contributed by atoms with Crippen LogP contribution >= 0.6 is 0 Å². The van der Waals surface area contributed by atoms with E-state index in [-0.39, 0.29) is 12.0 Å². The third-order valence-electron chi connectivity index (χ3n) is 5.24. The van der Waals surface area contributed by atoms with Crippen LogP contribution in [0.3, 0.4) is 0 Å². The zero-order valence-electron chi connectivity index (χ0n) is 16.6. The highest BCUT2D eigenvalue weighted by Gasteiger charge is 2.29. The Kier molecular flexibility index (Phi) is 6.64. The summed E-state index contributed by atoms with van der Waals surface area (Å²) in [5, 5.41) is 0. The molecule has 144 valence electrons. The maximum atomic E-state index is 12.7. The van der Waals surface area contributed by atoms with Crippen molar-refractivity contribution in [3.8, 4) is 11.1 Å². The third kappa shape index (κ3) is 4.76. The van der Waals surface area contributed by atoms with Crippen molar-refractivity contribution in [2.24, 2.45) is 0 Å². The summed E-state index contributed by atoms with van der Waals surface area (Å²) in [5.41, 5.74) is 5.06. The molecule has 0 bridgehead atoms. The number of aryl methyl sites for hydroxylation is 1. The largest absolute Gasteiger partial charge is 0.366 e. The van der Waals surface area contributed by atoms with Crippen LogP contribution < -0.4 is 0 Å². The highest BCUT2D eigenvalue weighted by atomic mass is 16.5. The summed E-state index contributed by atoms with van der Waals surface area (Å²) in [6, 6.07) is 17.1. The summed E-state index contributed by atoms with van der Waals surface area (Å²) in [4.78, 5) is 16.9. The number of likely N-dealkylation sites (N-methyl/N-ethyl adjacent to an activating group) is 1. The monoisotopic (exact) mass is 366 g/mol. The minimum absolute atomic E-state index is 0.109. The fraction of sp³-hybridized carbons (Fsp3) is 0.435. The van der Waals surface area contributed by atoms with Crippen LogP contribution in [-0.4, -0.2) is 54.6 Å². The molecule has 0 aromatic heterocycles. The van der Waals surface area contributed by atoms with Crippen molar-refractivity contribution in [2.75, 3.05) is 32.8 Å². The van der Waals surface area contributed by atoms with E-state index in [1.807, 2.05) is 24.8 Å². The third-order valence-corrected chi connectivity index (χ3v) is 5.24. The molecular formula is C23H30N2O2. The van der Waals surface area contributed by atoms with Crippen molar-refractivity contribution in [1.29, 1.82) is 0 Å². The second-order valence-electron chi connectivity index (χ2n) is 7.13. The average molecular weight is 367 g/mol. The number of benzene rings is 2. The molecule has 1 atom stereocenters. The van der Waals surface area contributed by atoms with Crippen molar-refractivity contribution in [3.05, 3.63) is 59.7 Å². The predicted molar refractivity (Wildman–Crippen MR) is 110 cm³/mol. The highest BCUT2D eigenvalue weighted by molar-refractivity contribution is 5.81. The van der Waals surface area contributed by atoms with Crippen LogP contribution in [-0.2, 0) is 16.1 Å². The van der Waals surface area contributed by atoms with Gasteiger partial charge in [0, 0.05) is 32.7 Å². The molecule has 0 saturated carbocycles. The first kappa shape index (κ1) is 19.6. The molecule has 3 rings (SSSR count). The van der Waals surface area contributed by atoms with Crippen molar-refractivity contribution < 1.29 is 9.53 Å². The van der Waals surface area contributed by atoms with Crippen LogP contribution in [0, 0.1) is 6.92 Å². The Bertz CT molecular complexity index is 756. The van der Waals surface area contributed by atoms with Gasteiger partial charge in [0.25, 0.3) is 5.91 Å². The number of morpholine rings is 1. The Labute approximate surface area is 162 Å². The zero-order chi connectivity index (χ0) is 19.2. The zero-order valence-corrected chi connectivity index (χ0v) is 16.6. The standard InChI is InChI=1S/C23H30N2O2/c1-4-25(5-2)23(26)22-17-24(13-14-27-22)16-20-15-18(3)11-12-21(20)19-9-7-6-8-10-19/h6-12,15,22H,4-5,13-14,16-17H2,1-3H3. The van der Waals surface area contributed by atoms with E-state index in [0.717, 1.165) is 26.2 Å². The van der Waals surface area contributed by atoms with Gasteiger partial charge in [-0.3, -0.25) is 9.69 Å². The van der Waals surface area contributed by atoms with Crippen LogP contribution in [0.15, 0.2) is 48.5 Å². The quantitative estimate of drug-likeness (QED) is 0.781. The molecule has 1 fully saturated rings. The minimum Gasteiger partial charge on any atom is -0.366 e. The van der Waals surface area contributed by atoms with Gasteiger partial charge >= 0.3 is 0 Å². The Morgan fingerprint density at radius 2 is 1.89 bits per heavy atom. The molecule has 2 aromatic carbocycles. The highest BCUT2D eigenvalue weighted by Crippen LogP contribution is 2.26. The van der Waals surface area contributed by atoms with Crippen molar-refractivity contribution >= 4 is 5.91 Å². The molecule has 1 unspecified atom stereocenters. The van der Waals surface area contributed by atoms with E-state index in [1.54, 1.807) is 0 Å². The number of hydrogen-bond acceptors (Lipinski definition) is 3. The van der Waals surface area contributed by atoms with Crippen LogP contribution in [0.2, 0.25) is 0 Å². The first-order valence-corrected chi connectivity index (χ1v) is 9.90. The Morgan fingerprint density at radius 1 is 1.15 bits per heavy atom. The molecule has 2 aromatic rings. The number of hydrogen-bond donors (Lipinski definition) is 0. The van der Waals surface area contributed by atoms with Crippen molar-refractivity contribution in [3.63, 3.8) is 0 Å². The lowest BCUT2D eigenvalue weighted by molar-refractivity contribution is -0.149. The van der Waals surface area contributed by atoms with Gasteiger partial charge in [-0.1, -0.05) is 54.1 Å². The van der Waals surface area contributed by atoms with E-state index < -0.39 is 0 Å². The maximum Gasteiger partial charge on any atom is 0.253 e. The van der Waals surface area contributed by atoms with E-state index in [9.17, 15) is 4.79 Å². The van der Waals surface area contributed by atoms with Gasteiger partial charge in [0.1, 0.15) is 6.10 Å². The fourth-order valence-electron chi connectivity index (χ4n) is 3.73. The van der Waals surface area contributed by atoms with Crippen molar-refractivity contribution in [2.45, 2.75) is 33.4 Å². The van der Waals surface area contributed by atoms with Gasteiger partial charge in [-0.2, -0.15) is 0 Å². The predicted octanol–water partition coefficient (Wildman–Crippen LogP) is 3.73. The Hall–Kier alpha value is -2.17. The summed E-state index contributed by atoms with van der Waals surface area (Å²) >= 11 is 0. The summed E-state index contributed by atoms with van der Waals surface area (Å²) in [5.74, 6) is 0.109. The number of amides is 1. The van der Waals surface area contributed by atoms with Crippen LogP contribution in [0.1, 0.15) is 25.0 Å². The van der Waals surface area contributed by atoms with Crippen LogP contribution in [0.25, 0.3) is 11.1 Å². The minimum atomic E-state index is -0.358. The van der Waals surface area contributed by atoms with Gasteiger partial charge in [0.05, 0.1) is 6.61 Å². The second kappa shape index (κ2) is 9.16. The SMILES string of the molecule is CCN(CC)C(=O)C1CN(Cc2cc(C)ccc2-c2ccccc2)CCO1. The summed E-state index contributed by atoms with van der Waals surface area (Å²) < 4.78 is 5.80. The van der Waals surface area contributed by atoms with Crippen molar-refractivity contribution in [1.82, 2.24) is 9.80 Å². The molecule has 0 spiro atoms. The Balaban J connectivity index is 1.77. The molecule has 0 aliphatic carbocycles. The summed E-state index contributed by atoms with van der Waals surface area (Å²) in [6.45, 7) is 10.5. The molecule has 0 N–H and O–H groups in total. The molecule has 4 nitrogen and oxygen atoms in total. The first-order chi connectivity index (χ1) is 13.1. The van der Waals surface area contributed by atoms with Gasteiger partial charge in [-0.15, -0.1) is 0 Å². The van der Waals surface area contributed by atoms with Gasteiger partial charge in [0.2, 0.25) is 0 Å². The first-order valence-electron chi connectivity index (χ1n) is 9.90. The van der Waals surface area contributed by atoms with E-state index >= 15 is 0 Å². The van der Waals surface area contributed by atoms with E-state index in [4.69, 9.17) is 4.74 Å². The number of ether oxygens (including phenoxy) is 1. The van der Waals surface area contributed by atoms with Crippen LogP contribution in [0.4, 0.5) is 0 Å². The molecule has 1 heterocycles. The number of carbonyl (C=O) groups is 1. The Morgan fingerprint density at radius 3 is 2.59 bits per heavy atom. The van der Waals surface area contributed by atoms with Gasteiger partial charge in [-0.25, -0.2) is 0 Å². The fourth-order valence-corrected chi connectivity index (χ4v) is 3.73. The lowest BCUT2D eigenvalue weighted by Crippen LogP contribution is -2.50. The van der Waals surface area contributed by atoms with E-state index in [1.165, 1.54) is 22.3 Å². The number of nitrogens with zero attached hydrogens (tertiary/aromatic N) is 2. The van der Waals surface area contributed by atoms with Gasteiger partial charge < -0.3 is 9.64 Å².